The van der Waals surface area contributed by atoms with E-state index in [1.165, 1.54) is 25.7 Å². The molecule has 0 bridgehead atoms. The molecular formula is C16H26N4O. The van der Waals surface area contributed by atoms with Crippen LogP contribution in [0.3, 0.4) is 0 Å². The van der Waals surface area contributed by atoms with Crippen molar-refractivity contribution < 1.29 is 4.74 Å². The summed E-state index contributed by atoms with van der Waals surface area (Å²) in [7, 11) is 0. The van der Waals surface area contributed by atoms with Crippen molar-refractivity contribution >= 4 is 5.82 Å². The zero-order valence-electron chi connectivity index (χ0n) is 12.9. The monoisotopic (exact) mass is 290 g/mol. The van der Waals surface area contributed by atoms with Crippen molar-refractivity contribution in [2.75, 3.05) is 32.0 Å². The summed E-state index contributed by atoms with van der Waals surface area (Å²) in [5.41, 5.74) is 7.12. The quantitative estimate of drug-likeness (QED) is 0.923. The number of nitrogen functional groups attached to an aromatic ring is 1. The third-order valence-corrected chi connectivity index (χ3v) is 4.53. The first kappa shape index (κ1) is 14.7. The van der Waals surface area contributed by atoms with Gasteiger partial charge in [0.25, 0.3) is 0 Å². The molecule has 1 saturated heterocycles. The van der Waals surface area contributed by atoms with Crippen molar-refractivity contribution in [3.8, 4) is 0 Å². The normalized spacial score (nSPS) is 24.5. The highest BCUT2D eigenvalue weighted by atomic mass is 16.5. The molecule has 1 aliphatic carbocycles. The average Bonchev–Trinajstić information content (AvgIpc) is 3.01. The molecule has 0 radical (unpaired) electrons. The van der Waals surface area contributed by atoms with E-state index in [1.807, 2.05) is 6.07 Å². The van der Waals surface area contributed by atoms with Crippen LogP contribution in [-0.4, -0.2) is 41.1 Å². The maximum Gasteiger partial charge on any atom is 0.161 e. The smallest absolute Gasteiger partial charge is 0.161 e. The molecule has 21 heavy (non-hydrogen) atoms. The molecular weight excluding hydrogens is 264 g/mol. The first-order valence-electron chi connectivity index (χ1n) is 8.24. The number of rotatable bonds is 4. The summed E-state index contributed by atoms with van der Waals surface area (Å²) in [6.45, 7) is 5.95. The van der Waals surface area contributed by atoms with E-state index in [-0.39, 0.29) is 6.10 Å². The van der Waals surface area contributed by atoms with Gasteiger partial charge in [0.2, 0.25) is 0 Å². The number of morpholine rings is 1. The van der Waals surface area contributed by atoms with E-state index < -0.39 is 0 Å². The molecule has 1 aliphatic heterocycles. The zero-order valence-corrected chi connectivity index (χ0v) is 12.9. The Hall–Kier alpha value is -1.20. The second-order valence-corrected chi connectivity index (χ2v) is 6.22. The van der Waals surface area contributed by atoms with Gasteiger partial charge in [0.15, 0.2) is 5.82 Å². The number of hydrogen-bond acceptors (Lipinski definition) is 5. The standard InChI is InChI=1S/C16H26N4O/c1-2-7-20-8-9-21-14(11-20)16-18-13(10-15(17)19-16)12-5-3-4-6-12/h10,12,14H,2-9,11H2,1H3,(H2,17,18,19). The fraction of sp³-hybridized carbons (Fsp3) is 0.750. The Morgan fingerprint density at radius 3 is 2.90 bits per heavy atom. The Kier molecular flexibility index (Phi) is 4.70. The molecule has 2 N–H and O–H groups in total. The molecule has 2 aliphatic rings. The fourth-order valence-electron chi connectivity index (χ4n) is 3.46. The zero-order chi connectivity index (χ0) is 14.7. The van der Waals surface area contributed by atoms with Crippen LogP contribution in [0.2, 0.25) is 0 Å². The van der Waals surface area contributed by atoms with Crippen molar-refractivity contribution in [1.29, 1.82) is 0 Å². The van der Waals surface area contributed by atoms with Gasteiger partial charge in [0.1, 0.15) is 11.9 Å². The van der Waals surface area contributed by atoms with E-state index in [9.17, 15) is 0 Å². The van der Waals surface area contributed by atoms with Crippen molar-refractivity contribution in [2.24, 2.45) is 0 Å². The van der Waals surface area contributed by atoms with E-state index in [0.29, 0.717) is 11.7 Å². The van der Waals surface area contributed by atoms with E-state index in [4.69, 9.17) is 15.5 Å². The van der Waals surface area contributed by atoms with Gasteiger partial charge in [0.05, 0.1) is 6.61 Å². The lowest BCUT2D eigenvalue weighted by Crippen LogP contribution is -2.39. The van der Waals surface area contributed by atoms with Gasteiger partial charge >= 0.3 is 0 Å². The van der Waals surface area contributed by atoms with E-state index in [1.54, 1.807) is 0 Å². The van der Waals surface area contributed by atoms with Crippen molar-refractivity contribution in [3.63, 3.8) is 0 Å². The van der Waals surface area contributed by atoms with Crippen LogP contribution in [0.4, 0.5) is 5.82 Å². The molecule has 1 aromatic heterocycles. The number of aromatic nitrogens is 2. The molecule has 2 fully saturated rings. The SMILES string of the molecule is CCCN1CCOC(c2nc(N)cc(C3CCCC3)n2)C1. The first-order valence-corrected chi connectivity index (χ1v) is 8.24. The molecule has 1 aromatic rings. The Labute approximate surface area is 126 Å². The van der Waals surface area contributed by atoms with E-state index in [0.717, 1.165) is 44.2 Å². The van der Waals surface area contributed by atoms with E-state index >= 15 is 0 Å². The van der Waals surface area contributed by atoms with Crippen LogP contribution in [0.15, 0.2) is 6.07 Å². The Balaban J connectivity index is 1.77. The lowest BCUT2D eigenvalue weighted by Gasteiger charge is -2.32. The minimum Gasteiger partial charge on any atom is -0.384 e. The topological polar surface area (TPSA) is 64.3 Å². The Morgan fingerprint density at radius 1 is 1.33 bits per heavy atom. The summed E-state index contributed by atoms with van der Waals surface area (Å²) in [6.07, 6.45) is 6.18. The molecule has 1 atom stereocenters. The molecule has 3 rings (SSSR count). The Bertz CT molecular complexity index is 471. The van der Waals surface area contributed by atoms with Crippen LogP contribution in [0.1, 0.15) is 62.6 Å². The summed E-state index contributed by atoms with van der Waals surface area (Å²) in [6, 6.07) is 1.95. The number of nitrogens with two attached hydrogens (primary N) is 1. The van der Waals surface area contributed by atoms with Gasteiger partial charge in [-0.3, -0.25) is 4.90 Å². The predicted molar refractivity (Wildman–Crippen MR) is 83.1 cm³/mol. The lowest BCUT2D eigenvalue weighted by molar-refractivity contribution is -0.0342. The number of anilines is 1. The summed E-state index contributed by atoms with van der Waals surface area (Å²) in [5, 5.41) is 0. The molecule has 1 unspecified atom stereocenters. The van der Waals surface area contributed by atoms with Gasteiger partial charge in [-0.2, -0.15) is 0 Å². The summed E-state index contributed by atoms with van der Waals surface area (Å²) in [5.74, 6) is 1.92. The molecule has 2 heterocycles. The molecule has 0 aromatic carbocycles. The van der Waals surface area contributed by atoms with Crippen molar-refractivity contribution in [2.45, 2.75) is 51.0 Å². The van der Waals surface area contributed by atoms with Crippen LogP contribution in [0.25, 0.3) is 0 Å². The molecule has 0 amide bonds. The van der Waals surface area contributed by atoms with Crippen LogP contribution >= 0.6 is 0 Å². The highest BCUT2D eigenvalue weighted by molar-refractivity contribution is 5.32. The van der Waals surface area contributed by atoms with Gasteiger partial charge in [-0.25, -0.2) is 9.97 Å². The van der Waals surface area contributed by atoms with Crippen LogP contribution in [0, 0.1) is 0 Å². The number of hydrogen-bond donors (Lipinski definition) is 1. The number of nitrogens with zero attached hydrogens (tertiary/aromatic N) is 3. The van der Waals surface area contributed by atoms with Gasteiger partial charge in [0, 0.05) is 30.8 Å². The first-order chi connectivity index (χ1) is 10.3. The molecule has 0 spiro atoms. The second kappa shape index (κ2) is 6.71. The maximum absolute atomic E-state index is 6.01. The van der Waals surface area contributed by atoms with Crippen LogP contribution in [-0.2, 0) is 4.74 Å². The maximum atomic E-state index is 6.01. The Morgan fingerprint density at radius 2 is 2.14 bits per heavy atom. The van der Waals surface area contributed by atoms with Gasteiger partial charge in [-0.05, 0) is 25.8 Å². The third-order valence-electron chi connectivity index (χ3n) is 4.53. The minimum atomic E-state index is -0.0334. The van der Waals surface area contributed by atoms with Crippen LogP contribution < -0.4 is 5.73 Å². The highest BCUT2D eigenvalue weighted by Crippen LogP contribution is 2.34. The van der Waals surface area contributed by atoms with Gasteiger partial charge in [-0.15, -0.1) is 0 Å². The number of ether oxygens (including phenoxy) is 1. The predicted octanol–water partition coefficient (Wildman–Crippen LogP) is 2.50. The van der Waals surface area contributed by atoms with Crippen molar-refractivity contribution in [3.05, 3.63) is 17.6 Å². The third kappa shape index (κ3) is 3.52. The summed E-state index contributed by atoms with van der Waals surface area (Å²) >= 11 is 0. The second-order valence-electron chi connectivity index (χ2n) is 6.22. The molecule has 116 valence electrons. The lowest BCUT2D eigenvalue weighted by atomic mass is 10.0. The minimum absolute atomic E-state index is 0.0334. The van der Waals surface area contributed by atoms with Gasteiger partial charge in [-0.1, -0.05) is 19.8 Å². The molecule has 1 saturated carbocycles. The average molecular weight is 290 g/mol. The molecule has 5 nitrogen and oxygen atoms in total. The molecule has 5 heteroatoms. The van der Waals surface area contributed by atoms with Crippen LogP contribution in [0.5, 0.6) is 0 Å². The summed E-state index contributed by atoms with van der Waals surface area (Å²) in [4.78, 5) is 11.7. The van der Waals surface area contributed by atoms with Gasteiger partial charge < -0.3 is 10.5 Å². The highest BCUT2D eigenvalue weighted by Gasteiger charge is 2.26. The summed E-state index contributed by atoms with van der Waals surface area (Å²) < 4.78 is 5.89. The largest absolute Gasteiger partial charge is 0.384 e. The van der Waals surface area contributed by atoms with E-state index in [2.05, 4.69) is 16.8 Å². The van der Waals surface area contributed by atoms with Crippen molar-refractivity contribution in [1.82, 2.24) is 14.9 Å². The fourth-order valence-corrected chi connectivity index (χ4v) is 3.46.